The third kappa shape index (κ3) is 5.84. The molecule has 3 aromatic carbocycles. The van der Waals surface area contributed by atoms with Crippen molar-refractivity contribution in [3.05, 3.63) is 84.9 Å². The normalized spacial score (nSPS) is 12.7. The van der Waals surface area contributed by atoms with E-state index in [1.807, 2.05) is 0 Å². The van der Waals surface area contributed by atoms with Crippen LogP contribution in [0, 0.1) is 0 Å². The summed E-state index contributed by atoms with van der Waals surface area (Å²) in [7, 11) is -6.41. The Hall–Kier alpha value is -3.08. The maximum Gasteiger partial charge on any atom is 0.264 e. The Morgan fingerprint density at radius 3 is 1.88 bits per heavy atom. The van der Waals surface area contributed by atoms with E-state index in [4.69, 9.17) is 4.74 Å². The predicted molar refractivity (Wildman–Crippen MR) is 129 cm³/mol. The van der Waals surface area contributed by atoms with Crippen LogP contribution in [0.25, 0.3) is 0 Å². The van der Waals surface area contributed by atoms with E-state index in [2.05, 4.69) is 0 Å². The third-order valence-corrected chi connectivity index (χ3v) is 7.84. The zero-order valence-corrected chi connectivity index (χ0v) is 19.9. The van der Waals surface area contributed by atoms with Gasteiger partial charge in [-0.1, -0.05) is 48.5 Å². The number of benzene rings is 3. The van der Waals surface area contributed by atoms with E-state index >= 15 is 0 Å². The second kappa shape index (κ2) is 10.2. The van der Waals surface area contributed by atoms with Crippen LogP contribution in [-0.4, -0.2) is 54.5 Å². The van der Waals surface area contributed by atoms with Crippen molar-refractivity contribution >= 4 is 31.4 Å². The van der Waals surface area contributed by atoms with Gasteiger partial charge in [-0.3, -0.25) is 8.61 Å². The Balaban J connectivity index is 2.00. The number of para-hydroxylation sites is 3. The molecule has 3 rings (SSSR count). The van der Waals surface area contributed by atoms with E-state index in [0.717, 1.165) is 14.9 Å². The molecule has 33 heavy (non-hydrogen) atoms. The van der Waals surface area contributed by atoms with E-state index in [1.165, 1.54) is 19.2 Å². The molecule has 0 aliphatic carbocycles. The summed E-state index contributed by atoms with van der Waals surface area (Å²) in [6.07, 6.45) is -0.311. The lowest BCUT2D eigenvalue weighted by atomic mass is 10.2. The fraction of sp³-hybridized carbons (Fsp3) is 0.217. The molecule has 0 amide bonds. The summed E-state index contributed by atoms with van der Waals surface area (Å²) in [4.78, 5) is 0.0335. The fourth-order valence-electron chi connectivity index (χ4n) is 3.35. The summed E-state index contributed by atoms with van der Waals surface area (Å²) in [5.74, 6) is 0.298. The van der Waals surface area contributed by atoms with Gasteiger partial charge >= 0.3 is 0 Å². The smallest absolute Gasteiger partial charge is 0.264 e. The van der Waals surface area contributed by atoms with Gasteiger partial charge in [-0.25, -0.2) is 16.8 Å². The second-order valence-electron chi connectivity index (χ2n) is 7.30. The molecule has 0 aliphatic rings. The fourth-order valence-corrected chi connectivity index (χ4v) is 5.83. The van der Waals surface area contributed by atoms with Crippen LogP contribution >= 0.6 is 0 Å². The molecule has 10 heteroatoms. The lowest BCUT2D eigenvalue weighted by Gasteiger charge is -2.30. The van der Waals surface area contributed by atoms with Gasteiger partial charge < -0.3 is 9.84 Å². The highest BCUT2D eigenvalue weighted by molar-refractivity contribution is 7.93. The molecular formula is C23H26N2O6S2. The minimum absolute atomic E-state index is 0.0335. The van der Waals surface area contributed by atoms with Crippen molar-refractivity contribution in [1.29, 1.82) is 0 Å². The summed E-state index contributed by atoms with van der Waals surface area (Å²) < 4.78 is 59.3. The number of methoxy groups -OCH3 is 1. The molecule has 0 bridgehead atoms. The first-order chi connectivity index (χ1) is 15.6. The lowest BCUT2D eigenvalue weighted by Crippen LogP contribution is -2.44. The Morgan fingerprint density at radius 1 is 0.788 bits per heavy atom. The highest BCUT2D eigenvalue weighted by atomic mass is 32.2. The molecule has 0 heterocycles. The Labute approximate surface area is 194 Å². The monoisotopic (exact) mass is 490 g/mol. The van der Waals surface area contributed by atoms with Crippen molar-refractivity contribution in [3.8, 4) is 5.75 Å². The molecule has 8 nitrogen and oxygen atoms in total. The van der Waals surface area contributed by atoms with Crippen LogP contribution in [0.15, 0.2) is 89.8 Å². The zero-order chi connectivity index (χ0) is 24.1. The minimum atomic E-state index is -4.09. The van der Waals surface area contributed by atoms with Crippen LogP contribution in [0.1, 0.15) is 0 Å². The number of ether oxygens (including phenoxy) is 1. The van der Waals surface area contributed by atoms with Crippen molar-refractivity contribution in [1.82, 2.24) is 0 Å². The van der Waals surface area contributed by atoms with Gasteiger partial charge in [0, 0.05) is 0 Å². The van der Waals surface area contributed by atoms with Crippen molar-refractivity contribution in [2.45, 2.75) is 11.0 Å². The van der Waals surface area contributed by atoms with Gasteiger partial charge in [0.25, 0.3) is 10.0 Å². The molecule has 0 fully saturated rings. The summed E-state index contributed by atoms with van der Waals surface area (Å²) >= 11 is 0. The van der Waals surface area contributed by atoms with E-state index in [1.54, 1.807) is 72.8 Å². The summed E-state index contributed by atoms with van der Waals surface area (Å²) in [5.41, 5.74) is 0.599. The van der Waals surface area contributed by atoms with Crippen LogP contribution in [-0.2, 0) is 20.0 Å². The molecular weight excluding hydrogens is 464 g/mol. The van der Waals surface area contributed by atoms with Crippen molar-refractivity contribution in [2.75, 3.05) is 35.1 Å². The largest absolute Gasteiger partial charge is 0.495 e. The molecule has 0 saturated carbocycles. The number of hydrogen-bond acceptors (Lipinski definition) is 6. The van der Waals surface area contributed by atoms with Gasteiger partial charge in [-0.2, -0.15) is 0 Å². The van der Waals surface area contributed by atoms with Crippen LogP contribution in [0.2, 0.25) is 0 Å². The molecule has 3 aromatic rings. The van der Waals surface area contributed by atoms with Crippen LogP contribution in [0.3, 0.4) is 0 Å². The predicted octanol–water partition coefficient (Wildman–Crippen LogP) is 2.72. The number of anilines is 2. The highest BCUT2D eigenvalue weighted by Crippen LogP contribution is 2.32. The average Bonchev–Trinajstić information content (AvgIpc) is 2.81. The van der Waals surface area contributed by atoms with E-state index in [9.17, 15) is 21.9 Å². The van der Waals surface area contributed by atoms with Gasteiger partial charge in [0.15, 0.2) is 0 Å². The zero-order valence-electron chi connectivity index (χ0n) is 18.3. The van der Waals surface area contributed by atoms with Gasteiger partial charge in [0.2, 0.25) is 10.0 Å². The number of aliphatic hydroxyl groups is 1. The molecule has 1 atom stereocenters. The van der Waals surface area contributed by atoms with Gasteiger partial charge in [0.1, 0.15) is 5.75 Å². The van der Waals surface area contributed by atoms with Crippen molar-refractivity contribution in [2.24, 2.45) is 0 Å². The minimum Gasteiger partial charge on any atom is -0.495 e. The number of nitrogens with zero attached hydrogens (tertiary/aromatic N) is 2. The standard InChI is InChI=1S/C23H26N2O6S2/c1-31-23-16-10-9-15-22(23)25(33(29,30)21-13-7-4-8-14-21)18-20(26)17-24(32(2,27)28)19-11-5-3-6-12-19/h3-16,20,26H,17-18H2,1-2H3/t20-/m1/s1. The molecule has 0 unspecified atom stereocenters. The third-order valence-electron chi connectivity index (χ3n) is 4.88. The maximum atomic E-state index is 13.5. The lowest BCUT2D eigenvalue weighted by molar-refractivity contribution is 0.193. The van der Waals surface area contributed by atoms with Gasteiger partial charge in [0.05, 0.1) is 48.8 Å². The van der Waals surface area contributed by atoms with Crippen molar-refractivity contribution in [3.63, 3.8) is 0 Å². The van der Waals surface area contributed by atoms with E-state index < -0.39 is 32.7 Å². The molecule has 176 valence electrons. The Morgan fingerprint density at radius 2 is 1.30 bits per heavy atom. The molecule has 0 radical (unpaired) electrons. The van der Waals surface area contributed by atoms with Crippen LogP contribution in [0.4, 0.5) is 11.4 Å². The highest BCUT2D eigenvalue weighted by Gasteiger charge is 2.31. The second-order valence-corrected chi connectivity index (χ2v) is 11.1. The number of aliphatic hydroxyl groups excluding tert-OH is 1. The first-order valence-electron chi connectivity index (χ1n) is 10.1. The van der Waals surface area contributed by atoms with Gasteiger partial charge in [-0.15, -0.1) is 0 Å². The van der Waals surface area contributed by atoms with E-state index in [0.29, 0.717) is 11.4 Å². The van der Waals surface area contributed by atoms with Crippen LogP contribution < -0.4 is 13.3 Å². The molecule has 0 spiro atoms. The summed E-state index contributed by atoms with van der Waals surface area (Å²) in [5, 5.41) is 10.9. The topological polar surface area (TPSA) is 104 Å². The van der Waals surface area contributed by atoms with Crippen LogP contribution in [0.5, 0.6) is 5.75 Å². The SMILES string of the molecule is COc1ccccc1N(C[C@H](O)CN(c1ccccc1)S(C)(=O)=O)S(=O)(=O)c1ccccc1. The summed E-state index contributed by atoms with van der Waals surface area (Å²) in [6, 6.07) is 22.7. The Bertz CT molecular complexity index is 1270. The van der Waals surface area contributed by atoms with Gasteiger partial charge in [-0.05, 0) is 36.4 Å². The maximum absolute atomic E-state index is 13.5. The Kier molecular flexibility index (Phi) is 7.62. The molecule has 0 aromatic heterocycles. The summed E-state index contributed by atoms with van der Waals surface area (Å²) in [6.45, 7) is -0.727. The molecule has 1 N–H and O–H groups in total. The number of sulfonamides is 2. The van der Waals surface area contributed by atoms with Crippen molar-refractivity contribution < 1.29 is 26.7 Å². The average molecular weight is 491 g/mol. The first kappa shape index (κ1) is 24.6. The number of rotatable bonds is 10. The quantitative estimate of drug-likeness (QED) is 0.469. The van der Waals surface area contributed by atoms with E-state index in [-0.39, 0.29) is 17.1 Å². The first-order valence-corrected chi connectivity index (χ1v) is 13.3. The molecule has 0 aliphatic heterocycles. The molecule has 0 saturated heterocycles. The number of hydrogen-bond donors (Lipinski definition) is 1.